The van der Waals surface area contributed by atoms with Crippen molar-refractivity contribution in [1.82, 2.24) is 5.32 Å². The number of rotatable bonds is 2. The van der Waals surface area contributed by atoms with E-state index in [0.29, 0.717) is 5.92 Å². The van der Waals surface area contributed by atoms with Gasteiger partial charge in [0, 0.05) is 0 Å². The van der Waals surface area contributed by atoms with E-state index in [1.807, 2.05) is 0 Å². The molecular weight excluding hydrogens is 244 g/mol. The van der Waals surface area contributed by atoms with Crippen LogP contribution in [-0.2, 0) is 5.41 Å². The highest BCUT2D eigenvalue weighted by atomic mass is 14.9. The molecule has 0 spiro atoms. The second kappa shape index (κ2) is 5.97. The topological polar surface area (TPSA) is 35.8 Å². The third kappa shape index (κ3) is 2.36. The highest BCUT2D eigenvalue weighted by molar-refractivity contribution is 5.34. The summed E-state index contributed by atoms with van der Waals surface area (Å²) in [4.78, 5) is 0. The highest BCUT2D eigenvalue weighted by Gasteiger charge is 2.45. The van der Waals surface area contributed by atoms with E-state index in [4.69, 9.17) is 0 Å². The molecule has 2 unspecified atom stereocenters. The van der Waals surface area contributed by atoms with E-state index < -0.39 is 0 Å². The Balaban J connectivity index is 1.95. The number of benzene rings is 1. The van der Waals surface area contributed by atoms with Crippen LogP contribution in [0.4, 0.5) is 0 Å². The Kier molecular flexibility index (Phi) is 4.08. The minimum absolute atomic E-state index is 0.235. The fourth-order valence-electron chi connectivity index (χ4n) is 4.38. The SMILES string of the molecule is N#CC1(c2ccccc2)CCCCC1C1CCNCC1. The summed E-state index contributed by atoms with van der Waals surface area (Å²) in [7, 11) is 0. The first kappa shape index (κ1) is 13.6. The Labute approximate surface area is 122 Å². The predicted molar refractivity (Wildman–Crippen MR) is 81.3 cm³/mol. The smallest absolute Gasteiger partial charge is 0.0853 e. The van der Waals surface area contributed by atoms with E-state index in [9.17, 15) is 5.26 Å². The molecule has 3 rings (SSSR count). The lowest BCUT2D eigenvalue weighted by molar-refractivity contribution is 0.136. The molecule has 1 aliphatic heterocycles. The molecule has 2 atom stereocenters. The van der Waals surface area contributed by atoms with Gasteiger partial charge in [0.1, 0.15) is 0 Å². The second-order valence-electron chi connectivity index (χ2n) is 6.39. The van der Waals surface area contributed by atoms with Gasteiger partial charge < -0.3 is 5.32 Å². The molecule has 0 bridgehead atoms. The normalized spacial score (nSPS) is 31.6. The van der Waals surface area contributed by atoms with Gasteiger partial charge in [-0.1, -0.05) is 43.2 Å². The lowest BCUT2D eigenvalue weighted by Gasteiger charge is -2.45. The fraction of sp³-hybridized carbons (Fsp3) is 0.611. The molecule has 1 aliphatic carbocycles. The minimum Gasteiger partial charge on any atom is -0.317 e. The van der Waals surface area contributed by atoms with Crippen LogP contribution in [0.15, 0.2) is 30.3 Å². The van der Waals surface area contributed by atoms with E-state index in [-0.39, 0.29) is 5.41 Å². The average Bonchev–Trinajstić information content (AvgIpc) is 2.56. The quantitative estimate of drug-likeness (QED) is 0.889. The molecule has 2 fully saturated rings. The third-order valence-electron chi connectivity index (χ3n) is 5.41. The molecule has 106 valence electrons. The van der Waals surface area contributed by atoms with Crippen LogP contribution in [0.1, 0.15) is 44.1 Å². The van der Waals surface area contributed by atoms with Crippen molar-refractivity contribution in [1.29, 1.82) is 5.26 Å². The molecule has 2 aliphatic rings. The van der Waals surface area contributed by atoms with Crippen molar-refractivity contribution in [2.75, 3.05) is 13.1 Å². The first-order valence-corrected chi connectivity index (χ1v) is 8.04. The predicted octanol–water partition coefficient (Wildman–Crippen LogP) is 3.64. The molecule has 1 aromatic rings. The van der Waals surface area contributed by atoms with Crippen LogP contribution < -0.4 is 5.32 Å². The van der Waals surface area contributed by atoms with Crippen molar-refractivity contribution in [3.63, 3.8) is 0 Å². The van der Waals surface area contributed by atoms with Crippen LogP contribution in [-0.4, -0.2) is 13.1 Å². The van der Waals surface area contributed by atoms with Gasteiger partial charge in [-0.3, -0.25) is 0 Å². The maximum atomic E-state index is 10.0. The summed E-state index contributed by atoms with van der Waals surface area (Å²) >= 11 is 0. The van der Waals surface area contributed by atoms with E-state index in [1.54, 1.807) is 0 Å². The number of nitrogens with zero attached hydrogens (tertiary/aromatic N) is 1. The largest absolute Gasteiger partial charge is 0.317 e. The lowest BCUT2D eigenvalue weighted by atomic mass is 9.58. The maximum Gasteiger partial charge on any atom is 0.0853 e. The Morgan fingerprint density at radius 1 is 1.05 bits per heavy atom. The van der Waals surface area contributed by atoms with Crippen LogP contribution in [0, 0.1) is 23.2 Å². The van der Waals surface area contributed by atoms with Gasteiger partial charge in [-0.25, -0.2) is 0 Å². The van der Waals surface area contributed by atoms with Gasteiger partial charge in [0.25, 0.3) is 0 Å². The molecule has 20 heavy (non-hydrogen) atoms. The summed E-state index contributed by atoms with van der Waals surface area (Å²) in [6, 6.07) is 13.3. The van der Waals surface area contributed by atoms with Crippen LogP contribution in [0.5, 0.6) is 0 Å². The van der Waals surface area contributed by atoms with Crippen molar-refractivity contribution in [3.8, 4) is 6.07 Å². The molecule has 1 saturated heterocycles. The summed E-state index contributed by atoms with van der Waals surface area (Å²) in [5, 5.41) is 13.5. The lowest BCUT2D eigenvalue weighted by Crippen LogP contribution is -2.44. The van der Waals surface area contributed by atoms with Gasteiger partial charge in [-0.05, 0) is 56.2 Å². The van der Waals surface area contributed by atoms with Crippen LogP contribution in [0.25, 0.3) is 0 Å². The Hall–Kier alpha value is -1.33. The summed E-state index contributed by atoms with van der Waals surface area (Å²) < 4.78 is 0. The number of hydrogen-bond donors (Lipinski definition) is 1. The summed E-state index contributed by atoms with van der Waals surface area (Å²) in [5.41, 5.74) is 1.02. The average molecular weight is 268 g/mol. The van der Waals surface area contributed by atoms with Gasteiger partial charge in [-0.15, -0.1) is 0 Å². The molecule has 2 heteroatoms. The summed E-state index contributed by atoms with van der Waals surface area (Å²) in [6.07, 6.45) is 7.24. The van der Waals surface area contributed by atoms with Gasteiger partial charge in [0.05, 0.1) is 11.5 Å². The second-order valence-corrected chi connectivity index (χ2v) is 6.39. The zero-order valence-electron chi connectivity index (χ0n) is 12.1. The Morgan fingerprint density at radius 3 is 2.50 bits per heavy atom. The monoisotopic (exact) mass is 268 g/mol. The van der Waals surface area contributed by atoms with E-state index in [0.717, 1.165) is 25.4 Å². The first-order valence-electron chi connectivity index (χ1n) is 8.04. The zero-order valence-corrected chi connectivity index (χ0v) is 12.1. The third-order valence-corrected chi connectivity index (χ3v) is 5.41. The van der Waals surface area contributed by atoms with Crippen molar-refractivity contribution >= 4 is 0 Å². The molecular formula is C18H24N2. The minimum atomic E-state index is -0.235. The zero-order chi connectivity index (χ0) is 13.8. The van der Waals surface area contributed by atoms with Gasteiger partial charge in [0.15, 0.2) is 0 Å². The molecule has 0 aromatic heterocycles. The highest BCUT2D eigenvalue weighted by Crippen LogP contribution is 2.48. The van der Waals surface area contributed by atoms with Crippen molar-refractivity contribution in [3.05, 3.63) is 35.9 Å². The molecule has 1 saturated carbocycles. The number of nitriles is 1. The molecule has 0 radical (unpaired) electrons. The summed E-state index contributed by atoms with van der Waals surface area (Å²) in [5.74, 6) is 1.27. The van der Waals surface area contributed by atoms with E-state index in [2.05, 4.69) is 41.7 Å². The standard InChI is InChI=1S/C18H24N2/c19-14-18(16-6-2-1-3-7-16)11-5-4-8-17(18)15-9-12-20-13-10-15/h1-3,6-7,15,17,20H,4-5,8-13H2. The Morgan fingerprint density at radius 2 is 1.80 bits per heavy atom. The van der Waals surface area contributed by atoms with Gasteiger partial charge in [-0.2, -0.15) is 5.26 Å². The number of nitrogens with one attached hydrogen (secondary N) is 1. The van der Waals surface area contributed by atoms with Crippen LogP contribution in [0.3, 0.4) is 0 Å². The molecule has 0 amide bonds. The van der Waals surface area contributed by atoms with Gasteiger partial charge >= 0.3 is 0 Å². The number of hydrogen-bond acceptors (Lipinski definition) is 2. The molecule has 1 heterocycles. The first-order chi connectivity index (χ1) is 9.87. The van der Waals surface area contributed by atoms with E-state index >= 15 is 0 Å². The number of piperidine rings is 1. The van der Waals surface area contributed by atoms with Gasteiger partial charge in [0.2, 0.25) is 0 Å². The summed E-state index contributed by atoms with van der Waals surface area (Å²) in [6.45, 7) is 2.24. The van der Waals surface area contributed by atoms with Crippen LogP contribution >= 0.6 is 0 Å². The molecule has 2 nitrogen and oxygen atoms in total. The maximum absolute atomic E-state index is 10.0. The van der Waals surface area contributed by atoms with Crippen molar-refractivity contribution in [2.24, 2.45) is 11.8 Å². The van der Waals surface area contributed by atoms with Crippen molar-refractivity contribution < 1.29 is 0 Å². The van der Waals surface area contributed by atoms with Crippen molar-refractivity contribution in [2.45, 2.75) is 43.9 Å². The van der Waals surface area contributed by atoms with Crippen LogP contribution in [0.2, 0.25) is 0 Å². The van der Waals surface area contributed by atoms with E-state index in [1.165, 1.54) is 37.7 Å². The Bertz CT molecular complexity index is 470. The molecule has 1 aromatic carbocycles. The molecule has 1 N–H and O–H groups in total. The fourth-order valence-corrected chi connectivity index (χ4v) is 4.38.